The molecule has 0 aliphatic carbocycles. The van der Waals surface area contributed by atoms with Crippen molar-refractivity contribution in [3.8, 4) is 16.8 Å². The van der Waals surface area contributed by atoms with Crippen molar-refractivity contribution in [2.45, 2.75) is 13.3 Å². The van der Waals surface area contributed by atoms with Crippen molar-refractivity contribution in [2.24, 2.45) is 0 Å². The van der Waals surface area contributed by atoms with Crippen molar-refractivity contribution in [3.05, 3.63) is 66.0 Å². The van der Waals surface area contributed by atoms with E-state index in [1.54, 1.807) is 4.68 Å². The van der Waals surface area contributed by atoms with E-state index in [1.165, 1.54) is 0 Å². The highest BCUT2D eigenvalue weighted by atomic mass is 16.2. The molecule has 0 radical (unpaired) electrons. The van der Waals surface area contributed by atoms with Crippen LogP contribution in [0.1, 0.15) is 22.6 Å². The standard InChI is InChI=1S/C20H23N5O/c1-15-19(20(26)22-14-6-13-21-2)23-24-25(15)18-11-9-17(10-12-18)16-7-4-3-5-8-16/h3-5,7-12,21H,6,13-14H2,1-2H3,(H,22,26). The van der Waals surface area contributed by atoms with Crippen LogP contribution in [0.25, 0.3) is 16.8 Å². The molecule has 0 spiro atoms. The molecule has 0 atom stereocenters. The van der Waals surface area contributed by atoms with Gasteiger partial charge in [0.15, 0.2) is 5.69 Å². The molecular weight excluding hydrogens is 326 g/mol. The molecule has 0 saturated carbocycles. The Morgan fingerprint density at radius 1 is 1.00 bits per heavy atom. The number of benzene rings is 2. The second-order valence-electron chi connectivity index (χ2n) is 6.06. The molecule has 26 heavy (non-hydrogen) atoms. The van der Waals surface area contributed by atoms with Crippen LogP contribution in [0.3, 0.4) is 0 Å². The summed E-state index contributed by atoms with van der Waals surface area (Å²) < 4.78 is 1.69. The van der Waals surface area contributed by atoms with E-state index in [2.05, 4.69) is 33.1 Å². The smallest absolute Gasteiger partial charge is 0.273 e. The summed E-state index contributed by atoms with van der Waals surface area (Å²) in [5.41, 5.74) is 4.26. The molecular formula is C20H23N5O. The Kier molecular flexibility index (Phi) is 5.76. The quantitative estimate of drug-likeness (QED) is 0.643. The molecule has 0 bridgehead atoms. The number of rotatable bonds is 7. The molecule has 2 aromatic carbocycles. The van der Waals surface area contributed by atoms with E-state index in [-0.39, 0.29) is 5.91 Å². The normalized spacial score (nSPS) is 10.7. The summed E-state index contributed by atoms with van der Waals surface area (Å²) in [6, 6.07) is 18.3. The van der Waals surface area contributed by atoms with Crippen LogP contribution in [0.4, 0.5) is 0 Å². The molecule has 1 amide bonds. The van der Waals surface area contributed by atoms with Gasteiger partial charge in [-0.3, -0.25) is 4.79 Å². The lowest BCUT2D eigenvalue weighted by atomic mass is 10.1. The Bertz CT molecular complexity index is 856. The molecule has 3 rings (SSSR count). The Morgan fingerprint density at radius 2 is 1.69 bits per heavy atom. The maximum atomic E-state index is 12.3. The number of hydrogen-bond acceptors (Lipinski definition) is 4. The third-order valence-corrected chi connectivity index (χ3v) is 4.22. The van der Waals surface area contributed by atoms with Crippen molar-refractivity contribution >= 4 is 5.91 Å². The maximum Gasteiger partial charge on any atom is 0.273 e. The number of nitrogens with zero attached hydrogens (tertiary/aromatic N) is 3. The van der Waals surface area contributed by atoms with Gasteiger partial charge in [0.25, 0.3) is 5.91 Å². The third-order valence-electron chi connectivity index (χ3n) is 4.22. The van der Waals surface area contributed by atoms with E-state index in [9.17, 15) is 4.79 Å². The topological polar surface area (TPSA) is 71.8 Å². The zero-order chi connectivity index (χ0) is 18.4. The van der Waals surface area contributed by atoms with Gasteiger partial charge in [-0.05, 0) is 50.2 Å². The summed E-state index contributed by atoms with van der Waals surface area (Å²) in [7, 11) is 1.89. The summed E-state index contributed by atoms with van der Waals surface area (Å²) in [6.45, 7) is 3.32. The lowest BCUT2D eigenvalue weighted by Crippen LogP contribution is -2.27. The first-order valence-electron chi connectivity index (χ1n) is 8.71. The van der Waals surface area contributed by atoms with E-state index >= 15 is 0 Å². The van der Waals surface area contributed by atoms with Gasteiger partial charge in [0.05, 0.1) is 11.4 Å². The monoisotopic (exact) mass is 349 g/mol. The van der Waals surface area contributed by atoms with Gasteiger partial charge in [0, 0.05) is 6.54 Å². The third kappa shape index (κ3) is 3.97. The minimum absolute atomic E-state index is 0.189. The van der Waals surface area contributed by atoms with Gasteiger partial charge >= 0.3 is 0 Å². The molecule has 0 fully saturated rings. The van der Waals surface area contributed by atoms with E-state index in [1.807, 2.05) is 56.4 Å². The molecule has 6 heteroatoms. The lowest BCUT2D eigenvalue weighted by Gasteiger charge is -2.06. The van der Waals surface area contributed by atoms with Gasteiger partial charge in [0.2, 0.25) is 0 Å². The summed E-state index contributed by atoms with van der Waals surface area (Å²) in [4.78, 5) is 12.3. The second kappa shape index (κ2) is 8.40. The molecule has 0 unspecified atom stereocenters. The number of carbonyl (C=O) groups excluding carboxylic acids is 1. The predicted octanol–water partition coefficient (Wildman–Crippen LogP) is 2.58. The highest BCUT2D eigenvalue weighted by Gasteiger charge is 2.16. The van der Waals surface area contributed by atoms with Crippen molar-refractivity contribution in [1.82, 2.24) is 25.6 Å². The first-order valence-corrected chi connectivity index (χ1v) is 8.71. The minimum Gasteiger partial charge on any atom is -0.351 e. The molecule has 0 aliphatic heterocycles. The van der Waals surface area contributed by atoms with E-state index in [4.69, 9.17) is 0 Å². The van der Waals surface area contributed by atoms with Crippen molar-refractivity contribution < 1.29 is 4.79 Å². The summed E-state index contributed by atoms with van der Waals surface area (Å²) in [5, 5.41) is 14.1. The van der Waals surface area contributed by atoms with Gasteiger partial charge in [0.1, 0.15) is 0 Å². The fraction of sp³-hybridized carbons (Fsp3) is 0.250. The van der Waals surface area contributed by atoms with Crippen molar-refractivity contribution in [1.29, 1.82) is 0 Å². The molecule has 1 heterocycles. The average Bonchev–Trinajstić information content (AvgIpc) is 3.07. The maximum absolute atomic E-state index is 12.3. The zero-order valence-corrected chi connectivity index (χ0v) is 15.1. The molecule has 134 valence electrons. The molecule has 6 nitrogen and oxygen atoms in total. The largest absolute Gasteiger partial charge is 0.351 e. The second-order valence-corrected chi connectivity index (χ2v) is 6.06. The minimum atomic E-state index is -0.189. The van der Waals surface area contributed by atoms with Crippen LogP contribution in [0, 0.1) is 6.92 Å². The van der Waals surface area contributed by atoms with Crippen LogP contribution >= 0.6 is 0 Å². The van der Waals surface area contributed by atoms with Crippen LogP contribution in [0.2, 0.25) is 0 Å². The van der Waals surface area contributed by atoms with Crippen LogP contribution in [0.15, 0.2) is 54.6 Å². The lowest BCUT2D eigenvalue weighted by molar-refractivity contribution is 0.0947. The summed E-state index contributed by atoms with van der Waals surface area (Å²) in [6.07, 6.45) is 0.871. The Balaban J connectivity index is 1.74. The van der Waals surface area contributed by atoms with Crippen LogP contribution < -0.4 is 10.6 Å². The molecule has 0 aliphatic rings. The molecule has 1 aromatic heterocycles. The highest BCUT2D eigenvalue weighted by molar-refractivity contribution is 5.93. The van der Waals surface area contributed by atoms with Gasteiger partial charge in [-0.15, -0.1) is 5.10 Å². The average molecular weight is 349 g/mol. The summed E-state index contributed by atoms with van der Waals surface area (Å²) >= 11 is 0. The Hall–Kier alpha value is -2.99. The zero-order valence-electron chi connectivity index (χ0n) is 15.1. The number of amides is 1. The van der Waals surface area contributed by atoms with Gasteiger partial charge in [-0.25, -0.2) is 4.68 Å². The first kappa shape index (κ1) is 17.8. The van der Waals surface area contributed by atoms with Crippen molar-refractivity contribution in [3.63, 3.8) is 0 Å². The fourth-order valence-electron chi connectivity index (χ4n) is 2.76. The Labute approximate surface area is 153 Å². The van der Waals surface area contributed by atoms with Crippen LogP contribution in [-0.2, 0) is 0 Å². The molecule has 0 saturated heterocycles. The molecule has 2 N–H and O–H groups in total. The first-order chi connectivity index (χ1) is 12.7. The van der Waals surface area contributed by atoms with E-state index in [0.717, 1.165) is 35.5 Å². The highest BCUT2D eigenvalue weighted by Crippen LogP contribution is 2.21. The fourth-order valence-corrected chi connectivity index (χ4v) is 2.76. The van der Waals surface area contributed by atoms with Gasteiger partial charge < -0.3 is 10.6 Å². The SMILES string of the molecule is CNCCCNC(=O)c1nnn(-c2ccc(-c3ccccc3)cc2)c1C. The van der Waals surface area contributed by atoms with Gasteiger partial charge in [-0.2, -0.15) is 0 Å². The van der Waals surface area contributed by atoms with Crippen LogP contribution in [-0.4, -0.2) is 41.0 Å². The van der Waals surface area contributed by atoms with Crippen LogP contribution in [0.5, 0.6) is 0 Å². The summed E-state index contributed by atoms with van der Waals surface area (Å²) in [5.74, 6) is -0.189. The number of carbonyl (C=O) groups is 1. The number of nitrogens with one attached hydrogen (secondary N) is 2. The number of aromatic nitrogens is 3. The Morgan fingerprint density at radius 3 is 2.38 bits per heavy atom. The predicted molar refractivity (Wildman–Crippen MR) is 102 cm³/mol. The number of hydrogen-bond donors (Lipinski definition) is 2. The molecule has 3 aromatic rings. The van der Waals surface area contributed by atoms with E-state index in [0.29, 0.717) is 12.2 Å². The van der Waals surface area contributed by atoms with Crippen molar-refractivity contribution in [2.75, 3.05) is 20.1 Å². The van der Waals surface area contributed by atoms with Gasteiger partial charge in [-0.1, -0.05) is 47.7 Å². The van der Waals surface area contributed by atoms with E-state index < -0.39 is 0 Å².